The molecule has 0 aromatic rings. The highest BCUT2D eigenvalue weighted by Gasteiger charge is 2.06. The van der Waals surface area contributed by atoms with Crippen LogP contribution in [-0.2, 0) is 9.59 Å². The van der Waals surface area contributed by atoms with E-state index < -0.39 is 11.9 Å². The molecule has 2 atom stereocenters. The molecule has 0 heterocycles. The maximum Gasteiger partial charge on any atom is 0.305 e. The van der Waals surface area contributed by atoms with E-state index >= 15 is 0 Å². The summed E-state index contributed by atoms with van der Waals surface area (Å²) in [4.78, 5) is 19.4. The van der Waals surface area contributed by atoms with Crippen LogP contribution in [0, 0.1) is 11.8 Å². The van der Waals surface area contributed by atoms with Crippen LogP contribution in [0.5, 0.6) is 0 Å². The monoisotopic (exact) mass is 308 g/mol. The number of carboxylic acids is 2. The summed E-state index contributed by atoms with van der Waals surface area (Å²) in [5, 5.41) is 34.0. The summed E-state index contributed by atoms with van der Waals surface area (Å²) < 4.78 is 0. The van der Waals surface area contributed by atoms with E-state index in [-0.39, 0.29) is 24.0 Å². The highest BCUT2D eigenvalue weighted by Crippen LogP contribution is 2.03. The minimum absolute atomic E-state index is 0.231. The number of aliphatic hydroxyl groups is 2. The predicted molar refractivity (Wildman–Crippen MR) is 82.2 cm³/mol. The second-order valence-electron chi connectivity index (χ2n) is 5.35. The van der Waals surface area contributed by atoms with Gasteiger partial charge in [-0.3, -0.25) is 9.59 Å². The van der Waals surface area contributed by atoms with Crippen LogP contribution in [0.25, 0.3) is 0 Å². The predicted octanol–water partition coefficient (Wildman–Crippen LogP) is 2.37. The van der Waals surface area contributed by atoms with Crippen LogP contribution in [-0.4, -0.2) is 44.6 Å². The molecule has 0 amide bonds. The van der Waals surface area contributed by atoms with Gasteiger partial charge in [-0.15, -0.1) is 0 Å². The number of hydrogen-bond acceptors (Lipinski definition) is 4. The van der Waals surface area contributed by atoms with E-state index in [1.165, 1.54) is 0 Å². The Morgan fingerprint density at radius 1 is 0.762 bits per heavy atom. The van der Waals surface area contributed by atoms with Gasteiger partial charge in [0, 0.05) is 0 Å². The third-order valence-electron chi connectivity index (χ3n) is 2.47. The maximum atomic E-state index is 9.70. The van der Waals surface area contributed by atoms with E-state index in [2.05, 4.69) is 0 Å². The zero-order chi connectivity index (χ0) is 17.6. The van der Waals surface area contributed by atoms with Gasteiger partial charge < -0.3 is 20.4 Å². The van der Waals surface area contributed by atoms with Crippen molar-refractivity contribution in [2.24, 2.45) is 11.8 Å². The summed E-state index contributed by atoms with van der Waals surface area (Å²) in [7, 11) is 0. The van der Waals surface area contributed by atoms with E-state index in [1.807, 2.05) is 13.8 Å². The van der Waals surface area contributed by atoms with Gasteiger partial charge in [0.1, 0.15) is 0 Å². The van der Waals surface area contributed by atoms with Gasteiger partial charge in [0.2, 0.25) is 0 Å². The number of carboxylic acid groups (broad SMARTS) is 2. The second kappa shape index (κ2) is 15.3. The summed E-state index contributed by atoms with van der Waals surface area (Å²) in [5.41, 5.74) is 0. The summed E-state index contributed by atoms with van der Waals surface area (Å²) >= 11 is 0. The molecule has 0 aliphatic carbocycles. The zero-order valence-electron chi connectivity index (χ0n) is 14.0. The van der Waals surface area contributed by atoms with Crippen molar-refractivity contribution in [2.45, 2.75) is 73.0 Å². The van der Waals surface area contributed by atoms with Crippen molar-refractivity contribution in [3.63, 3.8) is 0 Å². The number of carbonyl (C=O) groups is 2. The van der Waals surface area contributed by atoms with E-state index in [9.17, 15) is 9.59 Å². The first kappa shape index (κ1) is 24.9. The molecule has 0 bridgehead atoms. The van der Waals surface area contributed by atoms with Crippen molar-refractivity contribution >= 4 is 11.9 Å². The molecule has 0 aliphatic rings. The molecule has 0 saturated heterocycles. The Balaban J connectivity index is -0.000000240. The minimum Gasteiger partial charge on any atom is -0.481 e. The molecule has 0 rings (SSSR count). The lowest BCUT2D eigenvalue weighted by molar-refractivity contribution is -0.141. The molecule has 0 aromatic heterocycles. The molecule has 0 spiro atoms. The number of aliphatic hydroxyl groups excluding tert-OH is 2. The van der Waals surface area contributed by atoms with Gasteiger partial charge in [0.25, 0.3) is 0 Å². The van der Waals surface area contributed by atoms with Crippen molar-refractivity contribution in [1.82, 2.24) is 0 Å². The fourth-order valence-corrected chi connectivity index (χ4v) is 0.647. The Labute approximate surface area is 127 Å². The van der Waals surface area contributed by atoms with Crippen molar-refractivity contribution in [1.29, 1.82) is 0 Å². The average molecular weight is 308 g/mol. The summed E-state index contributed by atoms with van der Waals surface area (Å²) in [6.45, 7) is 10.4. The van der Waals surface area contributed by atoms with Gasteiger partial charge in [-0.1, -0.05) is 41.5 Å². The average Bonchev–Trinajstić information content (AvgIpc) is 2.39. The van der Waals surface area contributed by atoms with Crippen LogP contribution in [0.3, 0.4) is 0 Å². The normalized spacial score (nSPS) is 12.7. The molecule has 0 aromatic carbocycles. The smallest absolute Gasteiger partial charge is 0.305 e. The third kappa shape index (κ3) is 24.3. The Morgan fingerprint density at radius 2 is 0.952 bits per heavy atom. The molecule has 2 unspecified atom stereocenters. The lowest BCUT2D eigenvalue weighted by Gasteiger charge is -2.11. The number of hydrogen-bond donors (Lipinski definition) is 4. The van der Waals surface area contributed by atoms with Crippen molar-refractivity contribution < 1.29 is 30.0 Å². The Morgan fingerprint density at radius 3 is 1.05 bits per heavy atom. The van der Waals surface area contributed by atoms with Crippen LogP contribution in [0.1, 0.15) is 60.8 Å². The standard InChI is InChI=1S/C7H16O2.2C4H8O2/c1-3-6(8)5-7(9)4-2;2*1-3(2)4(5)6/h6-9H,3-5H2,1-2H3;2*3H,1-2H3,(H,5,6). The minimum atomic E-state index is -0.741. The van der Waals surface area contributed by atoms with Gasteiger partial charge in [0.05, 0.1) is 24.0 Å². The molecule has 4 N–H and O–H groups in total. The molecule has 21 heavy (non-hydrogen) atoms. The highest BCUT2D eigenvalue weighted by atomic mass is 16.4. The maximum absolute atomic E-state index is 9.70. The molecule has 0 aliphatic heterocycles. The molecule has 0 fully saturated rings. The number of aliphatic carboxylic acids is 2. The van der Waals surface area contributed by atoms with Gasteiger partial charge in [0.15, 0.2) is 0 Å². The third-order valence-corrected chi connectivity index (χ3v) is 2.47. The van der Waals surface area contributed by atoms with E-state index in [1.54, 1.807) is 27.7 Å². The van der Waals surface area contributed by atoms with E-state index in [0.717, 1.165) is 12.8 Å². The highest BCUT2D eigenvalue weighted by molar-refractivity contribution is 5.69. The van der Waals surface area contributed by atoms with E-state index in [4.69, 9.17) is 20.4 Å². The second-order valence-corrected chi connectivity index (χ2v) is 5.35. The molecular formula is C15H32O6. The molecule has 0 saturated carbocycles. The quantitative estimate of drug-likeness (QED) is 0.599. The fraction of sp³-hybridized carbons (Fsp3) is 0.867. The van der Waals surface area contributed by atoms with Gasteiger partial charge in [-0.25, -0.2) is 0 Å². The van der Waals surface area contributed by atoms with Gasteiger partial charge >= 0.3 is 11.9 Å². The number of rotatable bonds is 6. The van der Waals surface area contributed by atoms with Crippen molar-refractivity contribution in [2.75, 3.05) is 0 Å². The first-order valence-corrected chi connectivity index (χ1v) is 7.31. The summed E-state index contributed by atoms with van der Waals surface area (Å²) in [5.74, 6) is -1.94. The first-order valence-electron chi connectivity index (χ1n) is 7.31. The zero-order valence-corrected chi connectivity index (χ0v) is 14.0. The largest absolute Gasteiger partial charge is 0.481 e. The van der Waals surface area contributed by atoms with Gasteiger partial charge in [-0.05, 0) is 19.3 Å². The van der Waals surface area contributed by atoms with Crippen LogP contribution in [0.2, 0.25) is 0 Å². The molecule has 6 nitrogen and oxygen atoms in total. The lowest BCUT2D eigenvalue weighted by atomic mass is 10.1. The SMILES string of the molecule is CC(C)C(=O)O.CC(C)C(=O)O.CCC(O)CC(O)CC. The summed E-state index contributed by atoms with van der Waals surface area (Å²) in [6.07, 6.45) is 1.35. The van der Waals surface area contributed by atoms with Crippen LogP contribution >= 0.6 is 0 Å². The lowest BCUT2D eigenvalue weighted by Crippen LogP contribution is -2.15. The van der Waals surface area contributed by atoms with E-state index in [0.29, 0.717) is 6.42 Å². The topological polar surface area (TPSA) is 115 Å². The molecule has 0 radical (unpaired) electrons. The Kier molecular flexibility index (Phi) is 18.0. The molecular weight excluding hydrogens is 276 g/mol. The van der Waals surface area contributed by atoms with Crippen LogP contribution in [0.4, 0.5) is 0 Å². The molecule has 128 valence electrons. The van der Waals surface area contributed by atoms with Crippen LogP contribution < -0.4 is 0 Å². The van der Waals surface area contributed by atoms with Crippen LogP contribution in [0.15, 0.2) is 0 Å². The molecule has 6 heteroatoms. The van der Waals surface area contributed by atoms with Crippen molar-refractivity contribution in [3.05, 3.63) is 0 Å². The summed E-state index contributed by atoms with van der Waals surface area (Å²) in [6, 6.07) is 0. The van der Waals surface area contributed by atoms with Gasteiger partial charge in [-0.2, -0.15) is 0 Å². The Bertz CT molecular complexity index is 237. The first-order chi connectivity index (χ1) is 9.49. The fourth-order valence-electron chi connectivity index (χ4n) is 0.647. The van der Waals surface area contributed by atoms with Crippen molar-refractivity contribution in [3.8, 4) is 0 Å². The Hall–Kier alpha value is -1.14.